The van der Waals surface area contributed by atoms with Crippen molar-refractivity contribution in [1.82, 2.24) is 10.3 Å². The average molecular weight is 204 g/mol. The van der Waals surface area contributed by atoms with Gasteiger partial charge in [-0.3, -0.25) is 4.98 Å². The van der Waals surface area contributed by atoms with Gasteiger partial charge < -0.3 is 5.32 Å². The summed E-state index contributed by atoms with van der Waals surface area (Å²) >= 11 is 1.81. The first-order valence-electron chi connectivity index (χ1n) is 4.98. The van der Waals surface area contributed by atoms with Crippen LogP contribution in [-0.4, -0.2) is 18.1 Å². The highest BCUT2D eigenvalue weighted by Gasteiger charge is 2.20. The lowest BCUT2D eigenvalue weighted by molar-refractivity contribution is 0.744. The minimum Gasteiger partial charge on any atom is -0.316 e. The molecule has 0 amide bonds. The molecule has 14 heavy (non-hydrogen) atoms. The highest BCUT2D eigenvalue weighted by atomic mass is 32.1. The maximum absolute atomic E-state index is 4.53. The summed E-state index contributed by atoms with van der Waals surface area (Å²) in [6.07, 6.45) is 3.16. The molecule has 2 aromatic rings. The molecule has 72 valence electrons. The van der Waals surface area contributed by atoms with Gasteiger partial charge in [-0.1, -0.05) is 0 Å². The van der Waals surface area contributed by atoms with Crippen molar-refractivity contribution in [3.63, 3.8) is 0 Å². The number of fused-ring (bicyclic) bond motifs is 1. The van der Waals surface area contributed by atoms with E-state index < -0.39 is 0 Å². The van der Waals surface area contributed by atoms with E-state index in [4.69, 9.17) is 0 Å². The zero-order valence-corrected chi connectivity index (χ0v) is 8.68. The Labute approximate surface area is 87.0 Å². The molecule has 2 aromatic heterocycles. The summed E-state index contributed by atoms with van der Waals surface area (Å²) in [6.45, 7) is 2.22. The van der Waals surface area contributed by atoms with Gasteiger partial charge >= 0.3 is 0 Å². The van der Waals surface area contributed by atoms with Crippen LogP contribution in [0.3, 0.4) is 0 Å². The van der Waals surface area contributed by atoms with E-state index in [1.165, 1.54) is 22.2 Å². The van der Waals surface area contributed by atoms with Crippen LogP contribution in [0.5, 0.6) is 0 Å². The second-order valence-corrected chi connectivity index (χ2v) is 4.64. The van der Waals surface area contributed by atoms with Crippen LogP contribution in [0.4, 0.5) is 0 Å². The topological polar surface area (TPSA) is 24.9 Å². The van der Waals surface area contributed by atoms with Crippen molar-refractivity contribution < 1.29 is 0 Å². The molecule has 3 heteroatoms. The smallest absolute Gasteiger partial charge is 0.0625 e. The Hall–Kier alpha value is -0.930. The molecule has 0 aromatic carbocycles. The minimum absolute atomic E-state index is 0.623. The van der Waals surface area contributed by atoms with Gasteiger partial charge in [-0.25, -0.2) is 0 Å². The third-order valence-electron chi connectivity index (χ3n) is 2.84. The molecular weight excluding hydrogens is 192 g/mol. The molecular formula is C11H12N2S. The molecule has 1 fully saturated rings. The van der Waals surface area contributed by atoms with Gasteiger partial charge in [0.2, 0.25) is 0 Å². The zero-order chi connectivity index (χ0) is 9.38. The Morgan fingerprint density at radius 2 is 2.43 bits per heavy atom. The molecule has 2 nitrogen and oxygen atoms in total. The van der Waals surface area contributed by atoms with Crippen molar-refractivity contribution in [2.45, 2.75) is 12.3 Å². The molecule has 0 bridgehead atoms. The van der Waals surface area contributed by atoms with E-state index in [0.717, 1.165) is 13.1 Å². The Bertz CT molecular complexity index is 443. The van der Waals surface area contributed by atoms with Crippen molar-refractivity contribution in [2.24, 2.45) is 0 Å². The van der Waals surface area contributed by atoms with Crippen molar-refractivity contribution in [1.29, 1.82) is 0 Å². The molecule has 3 heterocycles. The van der Waals surface area contributed by atoms with E-state index in [0.29, 0.717) is 5.92 Å². The summed E-state index contributed by atoms with van der Waals surface area (Å²) in [4.78, 5) is 4.53. The summed E-state index contributed by atoms with van der Waals surface area (Å²) in [5.41, 5.74) is 1.29. The van der Waals surface area contributed by atoms with Crippen LogP contribution in [0.15, 0.2) is 23.7 Å². The molecule has 3 rings (SSSR count). The van der Waals surface area contributed by atoms with Gasteiger partial charge in [0.05, 0.1) is 10.4 Å². The number of hydrogen-bond acceptors (Lipinski definition) is 3. The van der Waals surface area contributed by atoms with Crippen LogP contribution in [0.25, 0.3) is 10.1 Å². The van der Waals surface area contributed by atoms with Crippen LogP contribution in [0.1, 0.15) is 18.0 Å². The molecule has 0 spiro atoms. The third kappa shape index (κ3) is 1.24. The summed E-state index contributed by atoms with van der Waals surface area (Å²) in [5.74, 6) is 0.623. The number of thiophene rings is 1. The first-order chi connectivity index (χ1) is 6.95. The van der Waals surface area contributed by atoms with E-state index in [1.54, 1.807) is 0 Å². The van der Waals surface area contributed by atoms with E-state index in [2.05, 4.69) is 27.8 Å². The number of rotatable bonds is 1. The fraction of sp³-hybridized carbons (Fsp3) is 0.364. The van der Waals surface area contributed by atoms with Gasteiger partial charge in [0, 0.05) is 18.7 Å². The summed E-state index contributed by atoms with van der Waals surface area (Å²) in [5, 5.41) is 6.88. The standard InChI is InChI=1S/C11H12N2S/c1-4-12-7-9(1)10-11-8(2-5-13-10)3-6-14-11/h2-3,5-6,9,12H,1,4,7H2. The van der Waals surface area contributed by atoms with Crippen LogP contribution in [0.2, 0.25) is 0 Å². The lowest BCUT2D eigenvalue weighted by Gasteiger charge is -2.07. The Morgan fingerprint density at radius 3 is 3.29 bits per heavy atom. The Kier molecular flexibility index (Phi) is 2.00. The number of nitrogens with zero attached hydrogens (tertiary/aromatic N) is 1. The number of nitrogens with one attached hydrogen (secondary N) is 1. The van der Waals surface area contributed by atoms with Crippen LogP contribution in [0, 0.1) is 0 Å². The molecule has 1 N–H and O–H groups in total. The number of aromatic nitrogens is 1. The number of pyridine rings is 1. The fourth-order valence-corrected chi connectivity index (χ4v) is 3.06. The van der Waals surface area contributed by atoms with Crippen molar-refractivity contribution in [3.05, 3.63) is 29.4 Å². The normalized spacial score (nSPS) is 21.9. The maximum Gasteiger partial charge on any atom is 0.0625 e. The van der Waals surface area contributed by atoms with Gasteiger partial charge in [0.1, 0.15) is 0 Å². The van der Waals surface area contributed by atoms with Crippen molar-refractivity contribution >= 4 is 21.4 Å². The summed E-state index contributed by atoms with van der Waals surface area (Å²) < 4.78 is 1.38. The summed E-state index contributed by atoms with van der Waals surface area (Å²) in [6, 6.07) is 4.27. The minimum atomic E-state index is 0.623. The molecule has 1 atom stereocenters. The molecule has 0 radical (unpaired) electrons. The second kappa shape index (κ2) is 3.33. The fourth-order valence-electron chi connectivity index (χ4n) is 2.09. The lowest BCUT2D eigenvalue weighted by atomic mass is 10.0. The quantitative estimate of drug-likeness (QED) is 0.771. The SMILES string of the molecule is c1cc2ccsc2c(C2CCNC2)n1. The van der Waals surface area contributed by atoms with Crippen molar-refractivity contribution in [3.8, 4) is 0 Å². The van der Waals surface area contributed by atoms with Crippen LogP contribution >= 0.6 is 11.3 Å². The Morgan fingerprint density at radius 1 is 1.43 bits per heavy atom. The molecule has 0 aliphatic carbocycles. The highest BCUT2D eigenvalue weighted by Crippen LogP contribution is 2.30. The molecule has 1 unspecified atom stereocenters. The van der Waals surface area contributed by atoms with Gasteiger partial charge in [-0.15, -0.1) is 11.3 Å². The second-order valence-electron chi connectivity index (χ2n) is 3.72. The monoisotopic (exact) mass is 204 g/mol. The van der Waals surface area contributed by atoms with E-state index in [1.807, 2.05) is 17.5 Å². The highest BCUT2D eigenvalue weighted by molar-refractivity contribution is 7.17. The van der Waals surface area contributed by atoms with Crippen LogP contribution in [-0.2, 0) is 0 Å². The third-order valence-corrected chi connectivity index (χ3v) is 3.80. The molecule has 0 saturated carbocycles. The van der Waals surface area contributed by atoms with Crippen LogP contribution < -0.4 is 5.32 Å². The van der Waals surface area contributed by atoms with E-state index >= 15 is 0 Å². The molecule has 1 saturated heterocycles. The average Bonchev–Trinajstić information content (AvgIpc) is 2.88. The predicted octanol–water partition coefficient (Wildman–Crippen LogP) is 2.37. The van der Waals surface area contributed by atoms with Gasteiger partial charge in [-0.2, -0.15) is 0 Å². The maximum atomic E-state index is 4.53. The van der Waals surface area contributed by atoms with E-state index in [-0.39, 0.29) is 0 Å². The molecule has 1 aliphatic heterocycles. The van der Waals surface area contributed by atoms with Crippen molar-refractivity contribution in [2.75, 3.05) is 13.1 Å². The van der Waals surface area contributed by atoms with E-state index in [9.17, 15) is 0 Å². The van der Waals surface area contributed by atoms with Gasteiger partial charge in [0.15, 0.2) is 0 Å². The largest absolute Gasteiger partial charge is 0.316 e. The summed E-state index contributed by atoms with van der Waals surface area (Å²) in [7, 11) is 0. The van der Waals surface area contributed by atoms with Gasteiger partial charge in [-0.05, 0) is 35.9 Å². The number of hydrogen-bond donors (Lipinski definition) is 1. The zero-order valence-electron chi connectivity index (χ0n) is 7.86. The Balaban J connectivity index is 2.14. The predicted molar refractivity (Wildman–Crippen MR) is 59.8 cm³/mol. The first-order valence-corrected chi connectivity index (χ1v) is 5.86. The van der Waals surface area contributed by atoms with Gasteiger partial charge in [0.25, 0.3) is 0 Å². The molecule has 1 aliphatic rings. The first kappa shape index (κ1) is 8.38. The lowest BCUT2D eigenvalue weighted by Crippen LogP contribution is -2.08.